The number of hydrogen-bond donors (Lipinski definition) is 1. The van der Waals surface area contributed by atoms with Crippen LogP contribution in [0.1, 0.15) is 15.2 Å². The minimum atomic E-state index is -0.151. The van der Waals surface area contributed by atoms with Crippen molar-refractivity contribution in [3.8, 4) is 0 Å². The molecular formula is C12H9Cl2NOS. The lowest BCUT2D eigenvalue weighted by atomic mass is 10.2. The summed E-state index contributed by atoms with van der Waals surface area (Å²) in [7, 11) is 0. The van der Waals surface area contributed by atoms with Crippen LogP contribution >= 0.6 is 34.5 Å². The van der Waals surface area contributed by atoms with Crippen molar-refractivity contribution in [2.75, 3.05) is 5.32 Å². The standard InChI is InChI=1S/C12H9Cl2NOS/c1-7-4-5-17-11(7)12(16)15-10-3-2-8(13)6-9(10)14/h2-6H,1H3,(H,15,16). The van der Waals surface area contributed by atoms with Gasteiger partial charge in [-0.3, -0.25) is 4.79 Å². The summed E-state index contributed by atoms with van der Waals surface area (Å²) < 4.78 is 0. The first-order valence-electron chi connectivity index (χ1n) is 4.88. The molecule has 0 aliphatic rings. The molecule has 0 unspecified atom stereocenters. The Morgan fingerprint density at radius 3 is 2.65 bits per heavy atom. The molecule has 0 saturated heterocycles. The Hall–Kier alpha value is -1.03. The summed E-state index contributed by atoms with van der Waals surface area (Å²) in [6.45, 7) is 1.90. The Kier molecular flexibility index (Phi) is 3.72. The zero-order chi connectivity index (χ0) is 12.4. The largest absolute Gasteiger partial charge is 0.320 e. The molecule has 5 heteroatoms. The Bertz CT molecular complexity index is 565. The number of rotatable bonds is 2. The lowest BCUT2D eigenvalue weighted by molar-refractivity contribution is 0.103. The molecule has 1 heterocycles. The summed E-state index contributed by atoms with van der Waals surface area (Å²) in [6, 6.07) is 6.87. The number of thiophene rings is 1. The van der Waals surface area contributed by atoms with Crippen molar-refractivity contribution in [2.45, 2.75) is 6.92 Å². The molecule has 0 aliphatic carbocycles. The van der Waals surface area contributed by atoms with E-state index in [4.69, 9.17) is 23.2 Å². The van der Waals surface area contributed by atoms with E-state index < -0.39 is 0 Å². The van der Waals surface area contributed by atoms with Crippen LogP contribution in [-0.4, -0.2) is 5.91 Å². The van der Waals surface area contributed by atoms with Crippen molar-refractivity contribution >= 4 is 46.1 Å². The summed E-state index contributed by atoms with van der Waals surface area (Å²) in [4.78, 5) is 12.6. The highest BCUT2D eigenvalue weighted by atomic mass is 35.5. The number of anilines is 1. The quantitative estimate of drug-likeness (QED) is 0.857. The van der Waals surface area contributed by atoms with Crippen LogP contribution in [-0.2, 0) is 0 Å². The first-order valence-corrected chi connectivity index (χ1v) is 6.52. The Balaban J connectivity index is 2.22. The van der Waals surface area contributed by atoms with E-state index in [0.717, 1.165) is 5.56 Å². The molecule has 0 saturated carbocycles. The SMILES string of the molecule is Cc1ccsc1C(=O)Nc1ccc(Cl)cc1Cl. The monoisotopic (exact) mass is 285 g/mol. The lowest BCUT2D eigenvalue weighted by Crippen LogP contribution is -2.11. The summed E-state index contributed by atoms with van der Waals surface area (Å²) in [6.07, 6.45) is 0. The van der Waals surface area contributed by atoms with Gasteiger partial charge < -0.3 is 5.32 Å². The van der Waals surface area contributed by atoms with E-state index in [2.05, 4.69) is 5.32 Å². The molecule has 0 fully saturated rings. The Morgan fingerprint density at radius 2 is 2.06 bits per heavy atom. The Morgan fingerprint density at radius 1 is 1.29 bits per heavy atom. The summed E-state index contributed by atoms with van der Waals surface area (Å²) in [5, 5.41) is 5.62. The normalized spacial score (nSPS) is 10.3. The van der Waals surface area contributed by atoms with Crippen LogP contribution in [0.25, 0.3) is 0 Å². The van der Waals surface area contributed by atoms with Crippen LogP contribution in [0, 0.1) is 6.92 Å². The maximum atomic E-state index is 11.9. The van der Waals surface area contributed by atoms with E-state index >= 15 is 0 Å². The molecule has 0 bridgehead atoms. The predicted octanol–water partition coefficient (Wildman–Crippen LogP) is 4.62. The van der Waals surface area contributed by atoms with E-state index in [9.17, 15) is 4.79 Å². The van der Waals surface area contributed by atoms with Crippen molar-refractivity contribution < 1.29 is 4.79 Å². The van der Waals surface area contributed by atoms with Gasteiger partial charge in [-0.05, 0) is 42.1 Å². The molecular weight excluding hydrogens is 277 g/mol. The van der Waals surface area contributed by atoms with Gasteiger partial charge in [-0.1, -0.05) is 23.2 Å². The van der Waals surface area contributed by atoms with Crippen molar-refractivity contribution in [3.05, 3.63) is 50.1 Å². The number of aryl methyl sites for hydroxylation is 1. The Labute approximate surface area is 113 Å². The second-order valence-corrected chi connectivity index (χ2v) is 5.27. The highest BCUT2D eigenvalue weighted by molar-refractivity contribution is 7.12. The van der Waals surface area contributed by atoms with Gasteiger partial charge in [0.25, 0.3) is 5.91 Å². The van der Waals surface area contributed by atoms with E-state index in [1.54, 1.807) is 18.2 Å². The van der Waals surface area contributed by atoms with Crippen molar-refractivity contribution in [2.24, 2.45) is 0 Å². The van der Waals surface area contributed by atoms with Gasteiger partial charge in [0, 0.05) is 5.02 Å². The van der Waals surface area contributed by atoms with E-state index in [0.29, 0.717) is 20.6 Å². The van der Waals surface area contributed by atoms with Crippen LogP contribution < -0.4 is 5.32 Å². The fourth-order valence-electron chi connectivity index (χ4n) is 1.38. The number of benzene rings is 1. The van der Waals surface area contributed by atoms with E-state index in [-0.39, 0.29) is 5.91 Å². The molecule has 0 atom stereocenters. The van der Waals surface area contributed by atoms with Crippen molar-refractivity contribution in [1.82, 2.24) is 0 Å². The molecule has 2 aromatic rings. The molecule has 1 aromatic carbocycles. The van der Waals surface area contributed by atoms with Gasteiger partial charge in [0.1, 0.15) is 0 Å². The van der Waals surface area contributed by atoms with Crippen LogP contribution in [0.4, 0.5) is 5.69 Å². The molecule has 88 valence electrons. The molecule has 0 spiro atoms. The van der Waals surface area contributed by atoms with Gasteiger partial charge in [0.05, 0.1) is 15.6 Å². The summed E-state index contributed by atoms with van der Waals surface area (Å²) in [5.74, 6) is -0.151. The summed E-state index contributed by atoms with van der Waals surface area (Å²) in [5.41, 5.74) is 1.52. The number of carbonyl (C=O) groups excluding carboxylic acids is 1. The molecule has 2 rings (SSSR count). The highest BCUT2D eigenvalue weighted by Gasteiger charge is 2.12. The molecule has 1 amide bonds. The van der Waals surface area contributed by atoms with E-state index in [1.165, 1.54) is 11.3 Å². The zero-order valence-corrected chi connectivity index (χ0v) is 11.3. The molecule has 17 heavy (non-hydrogen) atoms. The average molecular weight is 286 g/mol. The smallest absolute Gasteiger partial charge is 0.266 e. The van der Waals surface area contributed by atoms with Crippen LogP contribution in [0.3, 0.4) is 0 Å². The van der Waals surface area contributed by atoms with Crippen LogP contribution in [0.5, 0.6) is 0 Å². The number of halogens is 2. The lowest BCUT2D eigenvalue weighted by Gasteiger charge is -2.06. The second kappa shape index (κ2) is 5.08. The number of amides is 1. The highest BCUT2D eigenvalue weighted by Crippen LogP contribution is 2.26. The zero-order valence-electron chi connectivity index (χ0n) is 8.96. The third-order valence-electron chi connectivity index (χ3n) is 2.25. The van der Waals surface area contributed by atoms with Crippen LogP contribution in [0.15, 0.2) is 29.6 Å². The maximum absolute atomic E-state index is 11.9. The minimum Gasteiger partial charge on any atom is -0.320 e. The average Bonchev–Trinajstić information content (AvgIpc) is 2.68. The van der Waals surface area contributed by atoms with Gasteiger partial charge >= 0.3 is 0 Å². The third kappa shape index (κ3) is 2.80. The maximum Gasteiger partial charge on any atom is 0.266 e. The first kappa shape index (κ1) is 12.4. The van der Waals surface area contributed by atoms with Crippen molar-refractivity contribution in [3.63, 3.8) is 0 Å². The molecule has 0 radical (unpaired) electrons. The molecule has 1 aromatic heterocycles. The number of nitrogens with one attached hydrogen (secondary N) is 1. The van der Waals surface area contributed by atoms with Gasteiger partial charge in [-0.25, -0.2) is 0 Å². The number of hydrogen-bond acceptors (Lipinski definition) is 2. The van der Waals surface area contributed by atoms with Gasteiger partial charge in [0.2, 0.25) is 0 Å². The summed E-state index contributed by atoms with van der Waals surface area (Å²) >= 11 is 13.2. The predicted molar refractivity (Wildman–Crippen MR) is 73.5 cm³/mol. The van der Waals surface area contributed by atoms with Crippen molar-refractivity contribution in [1.29, 1.82) is 0 Å². The fraction of sp³-hybridized carbons (Fsp3) is 0.0833. The van der Waals surface area contributed by atoms with Gasteiger partial charge in [-0.2, -0.15) is 0 Å². The van der Waals surface area contributed by atoms with Gasteiger partial charge in [-0.15, -0.1) is 11.3 Å². The molecule has 2 nitrogen and oxygen atoms in total. The number of carbonyl (C=O) groups is 1. The topological polar surface area (TPSA) is 29.1 Å². The second-order valence-electron chi connectivity index (χ2n) is 3.51. The fourth-order valence-corrected chi connectivity index (χ4v) is 2.65. The first-order chi connectivity index (χ1) is 8.08. The molecule has 0 aliphatic heterocycles. The van der Waals surface area contributed by atoms with E-state index in [1.807, 2.05) is 18.4 Å². The third-order valence-corrected chi connectivity index (χ3v) is 3.81. The minimum absolute atomic E-state index is 0.151. The van der Waals surface area contributed by atoms with Crippen LogP contribution in [0.2, 0.25) is 10.0 Å². The van der Waals surface area contributed by atoms with Gasteiger partial charge in [0.15, 0.2) is 0 Å². The molecule has 1 N–H and O–H groups in total.